The molecule has 0 spiro atoms. The highest BCUT2D eigenvalue weighted by Gasteiger charge is 2.24. The number of carbonyl (C=O) groups is 1. The third kappa shape index (κ3) is 3.34. The minimum Gasteiger partial charge on any atom is -0.495 e. The van der Waals surface area contributed by atoms with Crippen LogP contribution in [-0.4, -0.2) is 27.5 Å². The number of rotatable bonds is 5. The number of carbonyl (C=O) groups excluding carboxylic acids is 1. The van der Waals surface area contributed by atoms with Crippen LogP contribution in [0.25, 0.3) is 0 Å². The Bertz CT molecular complexity index is 559. The van der Waals surface area contributed by atoms with Crippen LogP contribution >= 0.6 is 11.6 Å². The van der Waals surface area contributed by atoms with Crippen LogP contribution in [0.3, 0.4) is 0 Å². The predicted octanol–water partition coefficient (Wildman–Crippen LogP) is 0.501. The van der Waals surface area contributed by atoms with Crippen LogP contribution in [0.15, 0.2) is 23.1 Å². The van der Waals surface area contributed by atoms with Crippen LogP contribution in [0.5, 0.6) is 5.75 Å². The van der Waals surface area contributed by atoms with Crippen molar-refractivity contribution in [2.45, 2.75) is 17.9 Å². The van der Waals surface area contributed by atoms with Crippen molar-refractivity contribution >= 4 is 27.5 Å². The van der Waals surface area contributed by atoms with E-state index in [1.165, 1.54) is 32.2 Å². The fourth-order valence-electron chi connectivity index (χ4n) is 1.21. The molecule has 1 rings (SSSR count). The molecule has 18 heavy (non-hydrogen) atoms. The quantitative estimate of drug-likeness (QED) is 0.825. The van der Waals surface area contributed by atoms with Gasteiger partial charge < -0.3 is 10.5 Å². The lowest BCUT2D eigenvalue weighted by molar-refractivity contribution is -0.119. The van der Waals surface area contributed by atoms with E-state index in [-0.39, 0.29) is 15.7 Å². The van der Waals surface area contributed by atoms with Crippen molar-refractivity contribution in [2.75, 3.05) is 7.11 Å². The second-order valence-electron chi connectivity index (χ2n) is 3.54. The Labute approximate surface area is 110 Å². The van der Waals surface area contributed by atoms with E-state index in [9.17, 15) is 13.2 Å². The summed E-state index contributed by atoms with van der Waals surface area (Å²) in [6.45, 7) is 1.34. The number of ether oxygens (including phenoxy) is 1. The first-order valence-corrected chi connectivity index (χ1v) is 6.79. The zero-order chi connectivity index (χ0) is 13.9. The van der Waals surface area contributed by atoms with E-state index >= 15 is 0 Å². The maximum Gasteiger partial charge on any atom is 0.245 e. The zero-order valence-corrected chi connectivity index (χ0v) is 11.4. The summed E-state index contributed by atoms with van der Waals surface area (Å²) >= 11 is 5.74. The molecule has 3 N–H and O–H groups in total. The van der Waals surface area contributed by atoms with Gasteiger partial charge in [0.1, 0.15) is 10.6 Å². The maximum atomic E-state index is 12.0. The third-order valence-corrected chi connectivity index (χ3v) is 3.97. The Kier molecular flexibility index (Phi) is 4.55. The minimum atomic E-state index is -3.93. The minimum absolute atomic E-state index is 0.128. The van der Waals surface area contributed by atoms with E-state index in [2.05, 4.69) is 4.72 Å². The largest absolute Gasteiger partial charge is 0.495 e. The number of benzene rings is 1. The van der Waals surface area contributed by atoms with Gasteiger partial charge in [-0.2, -0.15) is 4.72 Å². The molecule has 100 valence electrons. The van der Waals surface area contributed by atoms with Gasteiger partial charge in [0, 0.05) is 5.02 Å². The summed E-state index contributed by atoms with van der Waals surface area (Å²) in [5, 5.41) is 0.239. The summed E-state index contributed by atoms with van der Waals surface area (Å²) in [6, 6.07) is 3.12. The lowest BCUT2D eigenvalue weighted by Gasteiger charge is -2.13. The summed E-state index contributed by atoms with van der Waals surface area (Å²) in [6.07, 6.45) is 0. The number of nitrogens with one attached hydrogen (secondary N) is 1. The summed E-state index contributed by atoms with van der Waals surface area (Å²) in [5.74, 6) is -0.650. The van der Waals surface area contributed by atoms with Gasteiger partial charge in [0.15, 0.2) is 0 Å². The van der Waals surface area contributed by atoms with E-state index in [1.54, 1.807) is 0 Å². The highest BCUT2D eigenvalue weighted by atomic mass is 35.5. The number of sulfonamides is 1. The number of primary amides is 1. The molecule has 0 saturated heterocycles. The number of nitrogens with two attached hydrogens (primary N) is 1. The van der Waals surface area contributed by atoms with Crippen molar-refractivity contribution < 1.29 is 17.9 Å². The molecule has 6 nitrogen and oxygen atoms in total. The topological polar surface area (TPSA) is 98.5 Å². The first-order chi connectivity index (χ1) is 8.27. The first kappa shape index (κ1) is 14.7. The van der Waals surface area contributed by atoms with E-state index in [1.807, 2.05) is 0 Å². The van der Waals surface area contributed by atoms with Crippen molar-refractivity contribution in [1.29, 1.82) is 0 Å². The molecule has 0 aliphatic carbocycles. The molecule has 0 fully saturated rings. The monoisotopic (exact) mass is 292 g/mol. The van der Waals surface area contributed by atoms with Gasteiger partial charge in [0.2, 0.25) is 15.9 Å². The maximum absolute atomic E-state index is 12.0. The molecule has 0 heterocycles. The van der Waals surface area contributed by atoms with Crippen LogP contribution in [0.1, 0.15) is 6.92 Å². The SMILES string of the molecule is COc1ccc(Cl)cc1S(=O)(=O)NC(C)C(N)=O. The predicted molar refractivity (Wildman–Crippen MR) is 67.0 cm³/mol. The number of hydrogen-bond acceptors (Lipinski definition) is 4. The van der Waals surface area contributed by atoms with Crippen LogP contribution in [0, 0.1) is 0 Å². The molecule has 0 bridgehead atoms. The Morgan fingerprint density at radius 1 is 1.50 bits per heavy atom. The molecule has 1 atom stereocenters. The zero-order valence-electron chi connectivity index (χ0n) is 9.81. The number of hydrogen-bond donors (Lipinski definition) is 2. The van der Waals surface area contributed by atoms with Crippen LogP contribution in [0.4, 0.5) is 0 Å². The smallest absolute Gasteiger partial charge is 0.245 e. The van der Waals surface area contributed by atoms with Crippen LogP contribution in [-0.2, 0) is 14.8 Å². The fourth-order valence-corrected chi connectivity index (χ4v) is 2.86. The molecule has 0 saturated carbocycles. The lowest BCUT2D eigenvalue weighted by Crippen LogP contribution is -2.42. The molecule has 1 unspecified atom stereocenters. The molecule has 8 heteroatoms. The average Bonchev–Trinajstić information content (AvgIpc) is 2.28. The van der Waals surface area contributed by atoms with Gasteiger partial charge in [-0.15, -0.1) is 0 Å². The van der Waals surface area contributed by atoms with Crippen molar-refractivity contribution in [3.05, 3.63) is 23.2 Å². The average molecular weight is 293 g/mol. The van der Waals surface area contributed by atoms with E-state index < -0.39 is 22.0 Å². The molecule has 0 aliphatic heterocycles. The standard InChI is InChI=1S/C10H13ClN2O4S/c1-6(10(12)14)13-18(15,16)9-5-7(11)3-4-8(9)17-2/h3-6,13H,1-2H3,(H2,12,14). The molecule has 0 aliphatic rings. The molecular weight excluding hydrogens is 280 g/mol. The van der Waals surface area contributed by atoms with Gasteiger partial charge in [-0.05, 0) is 25.1 Å². The van der Waals surface area contributed by atoms with E-state index in [0.717, 1.165) is 0 Å². The molecule has 1 aromatic carbocycles. The second-order valence-corrected chi connectivity index (χ2v) is 5.66. The highest BCUT2D eigenvalue weighted by Crippen LogP contribution is 2.26. The molecule has 0 aromatic heterocycles. The van der Waals surface area contributed by atoms with Gasteiger partial charge in [-0.25, -0.2) is 8.42 Å². The molecule has 1 amide bonds. The number of amides is 1. The Hall–Kier alpha value is -1.31. The Morgan fingerprint density at radius 3 is 2.61 bits per heavy atom. The Morgan fingerprint density at radius 2 is 2.11 bits per heavy atom. The van der Waals surface area contributed by atoms with Gasteiger partial charge in [-0.3, -0.25) is 4.79 Å². The van der Waals surface area contributed by atoms with Gasteiger partial charge in [0.25, 0.3) is 0 Å². The van der Waals surface area contributed by atoms with Gasteiger partial charge in [0.05, 0.1) is 13.2 Å². The van der Waals surface area contributed by atoms with E-state index in [0.29, 0.717) is 0 Å². The number of methoxy groups -OCH3 is 1. The van der Waals surface area contributed by atoms with Crippen LogP contribution in [0.2, 0.25) is 5.02 Å². The highest BCUT2D eigenvalue weighted by molar-refractivity contribution is 7.89. The third-order valence-electron chi connectivity index (χ3n) is 2.17. The van der Waals surface area contributed by atoms with Crippen molar-refractivity contribution in [3.63, 3.8) is 0 Å². The summed E-state index contributed by atoms with van der Waals surface area (Å²) in [5.41, 5.74) is 5.00. The molecule has 1 aromatic rings. The number of halogens is 1. The van der Waals surface area contributed by atoms with Crippen molar-refractivity contribution in [2.24, 2.45) is 5.73 Å². The normalized spacial score (nSPS) is 13.1. The second kappa shape index (κ2) is 5.55. The summed E-state index contributed by atoms with van der Waals surface area (Å²) in [7, 11) is -2.60. The fraction of sp³-hybridized carbons (Fsp3) is 0.300. The lowest BCUT2D eigenvalue weighted by atomic mass is 10.3. The summed E-state index contributed by atoms with van der Waals surface area (Å²) in [4.78, 5) is 10.7. The Balaban J connectivity index is 3.19. The summed E-state index contributed by atoms with van der Waals surface area (Å²) < 4.78 is 31.1. The van der Waals surface area contributed by atoms with Gasteiger partial charge >= 0.3 is 0 Å². The van der Waals surface area contributed by atoms with E-state index in [4.69, 9.17) is 22.1 Å². The van der Waals surface area contributed by atoms with Crippen molar-refractivity contribution in [3.8, 4) is 5.75 Å². The van der Waals surface area contributed by atoms with Crippen molar-refractivity contribution in [1.82, 2.24) is 4.72 Å². The molecule has 0 radical (unpaired) electrons. The first-order valence-electron chi connectivity index (χ1n) is 4.93. The molecular formula is C10H13ClN2O4S. The van der Waals surface area contributed by atoms with Crippen LogP contribution < -0.4 is 15.2 Å². The van der Waals surface area contributed by atoms with Gasteiger partial charge in [-0.1, -0.05) is 11.6 Å².